The van der Waals surface area contributed by atoms with E-state index in [1.165, 1.54) is 13.0 Å². The predicted octanol–water partition coefficient (Wildman–Crippen LogP) is -0.0661. The van der Waals surface area contributed by atoms with Crippen molar-refractivity contribution in [2.75, 3.05) is 25.1 Å². The molecule has 0 atom stereocenters. The van der Waals surface area contributed by atoms with E-state index in [9.17, 15) is 21.2 Å². The first-order valence-electron chi connectivity index (χ1n) is 6.03. The highest BCUT2D eigenvalue weighted by Gasteiger charge is 2.19. The van der Waals surface area contributed by atoms with Crippen LogP contribution in [0.25, 0.3) is 0 Å². The smallest absolute Gasteiger partial charge is 0.241 e. The molecule has 4 N–H and O–H groups in total. The molecule has 120 valence electrons. The topological polar surface area (TPSA) is 118 Å². The van der Waals surface area contributed by atoms with Gasteiger partial charge in [-0.25, -0.2) is 30.7 Å². The zero-order valence-corrected chi connectivity index (χ0v) is 13.3. The summed E-state index contributed by atoms with van der Waals surface area (Å²) in [6.07, 6.45) is 1.27. The van der Waals surface area contributed by atoms with Gasteiger partial charge < -0.3 is 5.73 Å². The number of nitrogen functional groups attached to an aromatic ring is 1. The summed E-state index contributed by atoms with van der Waals surface area (Å²) in [5.74, 6) is -0.700. The number of anilines is 1. The van der Waals surface area contributed by atoms with Crippen molar-refractivity contribution in [3.8, 4) is 0 Å². The van der Waals surface area contributed by atoms with Gasteiger partial charge in [-0.1, -0.05) is 0 Å². The molecule has 0 aliphatic carbocycles. The largest absolute Gasteiger partial charge is 0.399 e. The summed E-state index contributed by atoms with van der Waals surface area (Å²) in [4.78, 5) is -0.226. The predicted molar refractivity (Wildman–Crippen MR) is 78.2 cm³/mol. The Hall–Kier alpha value is -1.23. The van der Waals surface area contributed by atoms with Gasteiger partial charge >= 0.3 is 0 Å². The molecular weight excluding hydrogens is 321 g/mol. The summed E-state index contributed by atoms with van der Waals surface area (Å²) >= 11 is 0. The molecule has 0 saturated heterocycles. The quantitative estimate of drug-likeness (QED) is 0.475. The fourth-order valence-corrected chi connectivity index (χ4v) is 3.46. The molecule has 0 radical (unpaired) electrons. The molecule has 21 heavy (non-hydrogen) atoms. The Balaban J connectivity index is 2.71. The van der Waals surface area contributed by atoms with Crippen molar-refractivity contribution in [2.45, 2.75) is 18.2 Å². The maximum Gasteiger partial charge on any atom is 0.241 e. The van der Waals surface area contributed by atoms with E-state index in [1.807, 2.05) is 0 Å². The fraction of sp³-hybridized carbons (Fsp3) is 0.455. The van der Waals surface area contributed by atoms with Gasteiger partial charge in [-0.3, -0.25) is 0 Å². The van der Waals surface area contributed by atoms with Crippen molar-refractivity contribution in [1.82, 2.24) is 9.44 Å². The first-order valence-corrected chi connectivity index (χ1v) is 9.40. The van der Waals surface area contributed by atoms with Gasteiger partial charge in [-0.15, -0.1) is 0 Å². The molecule has 0 saturated carbocycles. The van der Waals surface area contributed by atoms with E-state index in [-0.39, 0.29) is 35.7 Å². The van der Waals surface area contributed by atoms with Crippen LogP contribution in [0.4, 0.5) is 10.1 Å². The number of rotatable bonds is 7. The summed E-state index contributed by atoms with van der Waals surface area (Å²) < 4.78 is 63.7. The molecular formula is C11H18FN3O4S2. The maximum atomic E-state index is 13.5. The lowest BCUT2D eigenvalue weighted by Gasteiger charge is -2.11. The first kappa shape index (κ1) is 17.8. The number of hydrogen-bond acceptors (Lipinski definition) is 5. The van der Waals surface area contributed by atoms with E-state index in [4.69, 9.17) is 5.73 Å². The van der Waals surface area contributed by atoms with Crippen molar-refractivity contribution in [2.24, 2.45) is 0 Å². The van der Waals surface area contributed by atoms with Crippen LogP contribution < -0.4 is 15.2 Å². The van der Waals surface area contributed by atoms with E-state index in [2.05, 4.69) is 9.44 Å². The van der Waals surface area contributed by atoms with Crippen molar-refractivity contribution >= 4 is 25.7 Å². The molecule has 0 aliphatic rings. The highest BCUT2D eigenvalue weighted by molar-refractivity contribution is 7.89. The third kappa shape index (κ3) is 5.58. The van der Waals surface area contributed by atoms with Crippen LogP contribution in [0.3, 0.4) is 0 Å². The van der Waals surface area contributed by atoms with Gasteiger partial charge in [0.05, 0.1) is 11.2 Å². The van der Waals surface area contributed by atoms with Gasteiger partial charge in [-0.05, 0) is 25.5 Å². The Morgan fingerprint density at radius 1 is 1.14 bits per heavy atom. The number of halogens is 1. The summed E-state index contributed by atoms with van der Waals surface area (Å²) in [6, 6.07) is 2.22. The third-order valence-corrected chi connectivity index (χ3v) is 4.93. The van der Waals surface area contributed by atoms with Crippen molar-refractivity contribution in [3.05, 3.63) is 23.5 Å². The van der Waals surface area contributed by atoms with Crippen molar-refractivity contribution in [1.29, 1.82) is 0 Å². The van der Waals surface area contributed by atoms with Crippen LogP contribution in [0.15, 0.2) is 17.0 Å². The molecule has 0 amide bonds. The second-order valence-electron chi connectivity index (χ2n) is 4.54. The zero-order valence-electron chi connectivity index (χ0n) is 11.7. The highest BCUT2D eigenvalue weighted by atomic mass is 32.2. The van der Waals surface area contributed by atoms with Crippen molar-refractivity contribution < 1.29 is 21.2 Å². The lowest BCUT2D eigenvalue weighted by atomic mass is 10.2. The first-order chi connectivity index (χ1) is 9.53. The van der Waals surface area contributed by atoms with Gasteiger partial charge in [0, 0.05) is 24.3 Å². The average Bonchev–Trinajstić information content (AvgIpc) is 2.31. The third-order valence-electron chi connectivity index (χ3n) is 2.62. The average molecular weight is 339 g/mol. The normalized spacial score (nSPS) is 12.5. The minimum absolute atomic E-state index is 0.0113. The second kappa shape index (κ2) is 6.69. The summed E-state index contributed by atoms with van der Waals surface area (Å²) in [7, 11) is -7.20. The molecule has 10 heteroatoms. The van der Waals surface area contributed by atoms with Gasteiger partial charge in [0.25, 0.3) is 0 Å². The Bertz CT molecular complexity index is 717. The maximum absolute atomic E-state index is 13.5. The van der Waals surface area contributed by atoms with Gasteiger partial charge in [-0.2, -0.15) is 0 Å². The zero-order chi connectivity index (χ0) is 16.3. The molecule has 0 aromatic heterocycles. The molecule has 0 fully saturated rings. The number of nitrogens with two attached hydrogens (primary N) is 1. The molecule has 0 unspecified atom stereocenters. The molecule has 0 bridgehead atoms. The van der Waals surface area contributed by atoms with Crippen molar-refractivity contribution in [3.63, 3.8) is 0 Å². The van der Waals surface area contributed by atoms with E-state index in [1.54, 1.807) is 0 Å². The van der Waals surface area contributed by atoms with Gasteiger partial charge in [0.2, 0.25) is 20.0 Å². The van der Waals surface area contributed by atoms with E-state index < -0.39 is 25.9 Å². The Morgan fingerprint density at radius 2 is 1.71 bits per heavy atom. The lowest BCUT2D eigenvalue weighted by Crippen LogP contribution is -2.30. The van der Waals surface area contributed by atoms with Crippen LogP contribution in [0.2, 0.25) is 0 Å². The van der Waals surface area contributed by atoms with E-state index in [0.717, 1.165) is 12.3 Å². The second-order valence-corrected chi connectivity index (χ2v) is 8.11. The Morgan fingerprint density at radius 3 is 2.29 bits per heavy atom. The molecule has 0 spiro atoms. The van der Waals surface area contributed by atoms with Crippen LogP contribution in [0, 0.1) is 12.7 Å². The molecule has 0 aliphatic heterocycles. The summed E-state index contributed by atoms with van der Waals surface area (Å²) in [5.41, 5.74) is 5.43. The standard InChI is InChI=1S/C11H18FN3O4S2/c1-8-10(12)6-9(13)7-11(8)21(18,19)15-5-3-4-14-20(2,16)17/h6-7,14-15H,3-5,13H2,1-2H3. The van der Waals surface area contributed by atoms with Crippen LogP contribution in [-0.4, -0.2) is 36.2 Å². The molecule has 1 aromatic rings. The van der Waals surface area contributed by atoms with Crippen LogP contribution in [0.1, 0.15) is 12.0 Å². The number of nitrogens with one attached hydrogen (secondary N) is 2. The van der Waals surface area contributed by atoms with Crippen LogP contribution in [-0.2, 0) is 20.0 Å². The van der Waals surface area contributed by atoms with Crippen LogP contribution >= 0.6 is 0 Å². The number of sulfonamides is 2. The molecule has 1 rings (SSSR count). The summed E-state index contributed by atoms with van der Waals surface area (Å²) in [5, 5.41) is 0. The van der Waals surface area contributed by atoms with E-state index >= 15 is 0 Å². The van der Waals surface area contributed by atoms with Gasteiger partial charge in [0.15, 0.2) is 0 Å². The molecule has 0 heterocycles. The Labute approximate surface area is 123 Å². The highest BCUT2D eigenvalue weighted by Crippen LogP contribution is 2.21. The summed E-state index contributed by atoms with van der Waals surface area (Å²) in [6.45, 7) is 1.46. The van der Waals surface area contributed by atoms with E-state index in [0.29, 0.717) is 0 Å². The number of hydrogen-bond donors (Lipinski definition) is 3. The SMILES string of the molecule is Cc1c(F)cc(N)cc1S(=O)(=O)NCCCNS(C)(=O)=O. The van der Waals surface area contributed by atoms with Crippen LogP contribution in [0.5, 0.6) is 0 Å². The Kier molecular flexibility index (Phi) is 5.68. The molecule has 1 aromatic carbocycles. The lowest BCUT2D eigenvalue weighted by molar-refractivity contribution is 0.570. The molecule has 7 nitrogen and oxygen atoms in total. The minimum atomic E-state index is -3.90. The number of benzene rings is 1. The fourth-order valence-electron chi connectivity index (χ4n) is 1.58. The van der Waals surface area contributed by atoms with Gasteiger partial charge in [0.1, 0.15) is 5.82 Å². The minimum Gasteiger partial charge on any atom is -0.399 e. The monoisotopic (exact) mass is 339 g/mol.